The average Bonchev–Trinajstić information content (AvgIpc) is 2.69. The summed E-state index contributed by atoms with van der Waals surface area (Å²) in [6.45, 7) is 0.250. The first-order valence-electron chi connectivity index (χ1n) is 8.41. The molecule has 1 heterocycles. The van der Waals surface area contributed by atoms with Gasteiger partial charge in [0.25, 0.3) is 17.2 Å². The summed E-state index contributed by atoms with van der Waals surface area (Å²) in [4.78, 5) is 34.4. The monoisotopic (exact) mass is 432 g/mol. The van der Waals surface area contributed by atoms with E-state index in [1.165, 1.54) is 22.9 Å². The molecule has 0 spiro atoms. The van der Waals surface area contributed by atoms with E-state index in [9.17, 15) is 19.7 Å². The summed E-state index contributed by atoms with van der Waals surface area (Å²) in [7, 11) is 0. The molecule has 3 rings (SSSR count). The van der Waals surface area contributed by atoms with Crippen LogP contribution in [0.25, 0.3) is 11.3 Å². The van der Waals surface area contributed by atoms with E-state index < -0.39 is 10.8 Å². The largest absolute Gasteiger partial charge is 0.350 e. The number of amides is 1. The maximum atomic E-state index is 12.3. The number of hydrogen-bond donors (Lipinski definition) is 1. The summed E-state index contributed by atoms with van der Waals surface area (Å²) in [5.74, 6) is -0.508. The highest BCUT2D eigenvalue weighted by atomic mass is 35.5. The van der Waals surface area contributed by atoms with Crippen molar-refractivity contribution < 1.29 is 9.72 Å². The number of carbonyl (C=O) groups excluding carboxylic acids is 1. The average molecular weight is 433 g/mol. The molecule has 2 aromatic carbocycles. The summed E-state index contributed by atoms with van der Waals surface area (Å²) < 4.78 is 1.24. The minimum Gasteiger partial charge on any atom is -0.350 e. The number of benzene rings is 2. The Labute approximate surface area is 174 Å². The van der Waals surface area contributed by atoms with Gasteiger partial charge in [-0.05, 0) is 24.3 Å². The predicted molar refractivity (Wildman–Crippen MR) is 109 cm³/mol. The molecule has 0 bridgehead atoms. The van der Waals surface area contributed by atoms with Crippen molar-refractivity contribution in [3.8, 4) is 11.3 Å². The van der Waals surface area contributed by atoms with Gasteiger partial charge in [-0.3, -0.25) is 19.7 Å². The lowest BCUT2D eigenvalue weighted by atomic mass is 10.1. The number of carbonyl (C=O) groups is 1. The van der Waals surface area contributed by atoms with Crippen molar-refractivity contribution in [3.63, 3.8) is 0 Å². The molecule has 0 saturated heterocycles. The SMILES string of the molecule is O=C(NCCn1nc(-c2ccc(Cl)cc2)ccc1=O)c1ccc([N+](=O)[O-])cc1Cl. The first-order valence-corrected chi connectivity index (χ1v) is 9.17. The number of nitrogens with zero attached hydrogens (tertiary/aromatic N) is 3. The summed E-state index contributed by atoms with van der Waals surface area (Å²) in [6.07, 6.45) is 0. The van der Waals surface area contributed by atoms with Gasteiger partial charge < -0.3 is 5.32 Å². The molecule has 0 unspecified atom stereocenters. The lowest BCUT2D eigenvalue weighted by Gasteiger charge is -2.09. The van der Waals surface area contributed by atoms with Gasteiger partial charge in [0.15, 0.2) is 0 Å². The molecule has 3 aromatic rings. The quantitative estimate of drug-likeness (QED) is 0.473. The van der Waals surface area contributed by atoms with Crippen LogP contribution >= 0.6 is 23.2 Å². The lowest BCUT2D eigenvalue weighted by molar-refractivity contribution is -0.384. The van der Waals surface area contributed by atoms with Crippen molar-refractivity contribution in [2.45, 2.75) is 6.54 Å². The fourth-order valence-corrected chi connectivity index (χ4v) is 2.94. The molecule has 1 amide bonds. The molecule has 0 saturated carbocycles. The molecule has 0 aliphatic rings. The highest BCUT2D eigenvalue weighted by Gasteiger charge is 2.14. The second-order valence-electron chi connectivity index (χ2n) is 5.96. The molecular formula is C19H14Cl2N4O4. The molecular weight excluding hydrogens is 419 g/mol. The lowest BCUT2D eigenvalue weighted by Crippen LogP contribution is -2.32. The Morgan fingerprint density at radius 3 is 2.48 bits per heavy atom. The van der Waals surface area contributed by atoms with Crippen LogP contribution in [-0.2, 0) is 6.54 Å². The Morgan fingerprint density at radius 2 is 1.83 bits per heavy atom. The highest BCUT2D eigenvalue weighted by molar-refractivity contribution is 6.34. The number of rotatable bonds is 6. The fourth-order valence-electron chi connectivity index (χ4n) is 2.56. The Morgan fingerprint density at radius 1 is 1.10 bits per heavy atom. The van der Waals surface area contributed by atoms with Gasteiger partial charge in [0.1, 0.15) is 0 Å². The van der Waals surface area contributed by atoms with Crippen LogP contribution in [0, 0.1) is 10.1 Å². The third kappa shape index (κ3) is 4.98. The van der Waals surface area contributed by atoms with E-state index in [2.05, 4.69) is 10.4 Å². The molecule has 29 heavy (non-hydrogen) atoms. The van der Waals surface area contributed by atoms with Gasteiger partial charge in [-0.25, -0.2) is 4.68 Å². The Bertz CT molecular complexity index is 1130. The highest BCUT2D eigenvalue weighted by Crippen LogP contribution is 2.22. The number of hydrogen-bond acceptors (Lipinski definition) is 5. The van der Waals surface area contributed by atoms with Crippen molar-refractivity contribution >= 4 is 34.8 Å². The van der Waals surface area contributed by atoms with Gasteiger partial charge >= 0.3 is 0 Å². The molecule has 0 radical (unpaired) electrons. The van der Waals surface area contributed by atoms with Gasteiger partial charge in [-0.15, -0.1) is 0 Å². The van der Waals surface area contributed by atoms with Crippen molar-refractivity contribution in [2.75, 3.05) is 6.54 Å². The van der Waals surface area contributed by atoms with E-state index in [0.717, 1.165) is 11.6 Å². The molecule has 0 atom stereocenters. The van der Waals surface area contributed by atoms with Crippen molar-refractivity contribution in [3.05, 3.63) is 90.7 Å². The van der Waals surface area contributed by atoms with Crippen LogP contribution in [0.15, 0.2) is 59.4 Å². The minimum absolute atomic E-state index is 0.0308. The van der Waals surface area contributed by atoms with E-state index in [4.69, 9.17) is 23.2 Å². The van der Waals surface area contributed by atoms with Gasteiger partial charge in [-0.1, -0.05) is 35.3 Å². The van der Waals surface area contributed by atoms with E-state index in [1.54, 1.807) is 30.3 Å². The second kappa shape index (κ2) is 8.85. The molecule has 0 fully saturated rings. The number of halogens is 2. The standard InChI is InChI=1S/C19H14Cl2N4O4/c20-13-3-1-12(2-4-13)17-7-8-18(26)24(23-17)10-9-22-19(27)15-6-5-14(25(28)29)11-16(15)21/h1-8,11H,9-10H2,(H,22,27). The van der Waals surface area contributed by atoms with Crippen LogP contribution in [0.4, 0.5) is 5.69 Å². The van der Waals surface area contributed by atoms with Crippen LogP contribution in [0.3, 0.4) is 0 Å². The summed E-state index contributed by atoms with van der Waals surface area (Å²) in [5, 5.41) is 18.2. The van der Waals surface area contributed by atoms with E-state index >= 15 is 0 Å². The third-order valence-corrected chi connectivity index (χ3v) is 4.59. The summed E-state index contributed by atoms with van der Waals surface area (Å²) in [5.41, 5.74) is 0.968. The number of nitro groups is 1. The number of non-ortho nitro benzene ring substituents is 1. The normalized spacial score (nSPS) is 10.6. The minimum atomic E-state index is -0.598. The molecule has 8 nitrogen and oxygen atoms in total. The number of nitrogens with one attached hydrogen (secondary N) is 1. The summed E-state index contributed by atoms with van der Waals surface area (Å²) in [6, 6.07) is 13.6. The molecule has 0 aliphatic heterocycles. The molecule has 1 aromatic heterocycles. The smallest absolute Gasteiger partial charge is 0.270 e. The maximum absolute atomic E-state index is 12.3. The van der Waals surface area contributed by atoms with Gasteiger partial charge in [0.05, 0.1) is 27.7 Å². The summed E-state index contributed by atoms with van der Waals surface area (Å²) >= 11 is 11.8. The molecule has 148 valence electrons. The second-order valence-corrected chi connectivity index (χ2v) is 6.81. The topological polar surface area (TPSA) is 107 Å². The predicted octanol–water partition coefficient (Wildman–Crippen LogP) is 3.56. The number of aromatic nitrogens is 2. The van der Waals surface area contributed by atoms with E-state index in [-0.39, 0.29) is 34.9 Å². The van der Waals surface area contributed by atoms with E-state index in [0.29, 0.717) is 10.7 Å². The number of nitro benzene ring substituents is 1. The zero-order valence-corrected chi connectivity index (χ0v) is 16.4. The van der Waals surface area contributed by atoms with Crippen molar-refractivity contribution in [1.82, 2.24) is 15.1 Å². The zero-order valence-electron chi connectivity index (χ0n) is 14.8. The zero-order chi connectivity index (χ0) is 21.0. The van der Waals surface area contributed by atoms with Gasteiger partial charge in [0, 0.05) is 35.3 Å². The van der Waals surface area contributed by atoms with Crippen LogP contribution in [0.1, 0.15) is 10.4 Å². The van der Waals surface area contributed by atoms with Crippen molar-refractivity contribution in [2.24, 2.45) is 0 Å². The van der Waals surface area contributed by atoms with Gasteiger partial charge in [0.2, 0.25) is 0 Å². The van der Waals surface area contributed by atoms with Crippen LogP contribution in [0.2, 0.25) is 10.0 Å². The molecule has 0 aliphatic carbocycles. The maximum Gasteiger partial charge on any atom is 0.270 e. The van der Waals surface area contributed by atoms with E-state index in [1.807, 2.05) is 0 Å². The third-order valence-electron chi connectivity index (χ3n) is 4.02. The Hall–Kier alpha value is -3.23. The van der Waals surface area contributed by atoms with Crippen LogP contribution in [0.5, 0.6) is 0 Å². The first kappa shape index (κ1) is 20.5. The van der Waals surface area contributed by atoms with Crippen LogP contribution in [-0.4, -0.2) is 27.2 Å². The molecule has 1 N–H and O–H groups in total. The first-order chi connectivity index (χ1) is 13.8. The Kier molecular flexibility index (Phi) is 6.26. The molecule has 10 heteroatoms. The fraction of sp³-hybridized carbons (Fsp3) is 0.105. The van der Waals surface area contributed by atoms with Crippen molar-refractivity contribution in [1.29, 1.82) is 0 Å². The van der Waals surface area contributed by atoms with Gasteiger partial charge in [-0.2, -0.15) is 5.10 Å². The Balaban J connectivity index is 1.68. The van der Waals surface area contributed by atoms with Crippen LogP contribution < -0.4 is 10.9 Å².